The Hall–Kier alpha value is -1.13. The monoisotopic (exact) mass is 296 g/mol. The molecule has 1 amide bonds. The third-order valence-electron chi connectivity index (χ3n) is 3.66. The molecule has 1 aliphatic heterocycles. The van der Waals surface area contributed by atoms with Crippen molar-refractivity contribution < 1.29 is 9.90 Å². The highest BCUT2D eigenvalue weighted by Gasteiger charge is 2.29. The molecule has 2 rings (SSSR count). The Balaban J connectivity index is 2.33. The Morgan fingerprint density at radius 3 is 2.80 bits per heavy atom. The summed E-state index contributed by atoms with van der Waals surface area (Å²) in [5.41, 5.74) is 1.18. The molecule has 4 nitrogen and oxygen atoms in total. The molecule has 5 heteroatoms. The molecule has 110 valence electrons. The van der Waals surface area contributed by atoms with Gasteiger partial charge >= 0.3 is 0 Å². The van der Waals surface area contributed by atoms with E-state index >= 15 is 0 Å². The van der Waals surface area contributed by atoms with Crippen LogP contribution >= 0.6 is 11.6 Å². The summed E-state index contributed by atoms with van der Waals surface area (Å²) in [5, 5.41) is 9.67. The van der Waals surface area contributed by atoms with E-state index in [4.69, 9.17) is 11.6 Å². The van der Waals surface area contributed by atoms with E-state index in [0.29, 0.717) is 17.3 Å². The summed E-state index contributed by atoms with van der Waals surface area (Å²) in [5.74, 6) is -0.0728. The highest BCUT2D eigenvalue weighted by atomic mass is 35.5. The Bertz CT molecular complexity index is 511. The van der Waals surface area contributed by atoms with Crippen molar-refractivity contribution in [2.24, 2.45) is 0 Å². The van der Waals surface area contributed by atoms with Crippen molar-refractivity contribution in [3.63, 3.8) is 0 Å². The van der Waals surface area contributed by atoms with Crippen molar-refractivity contribution in [3.8, 4) is 0 Å². The molecule has 20 heavy (non-hydrogen) atoms. The zero-order valence-corrected chi connectivity index (χ0v) is 12.9. The molecule has 0 aromatic carbocycles. The molecule has 0 saturated carbocycles. The minimum absolute atomic E-state index is 0.0106. The molecule has 0 spiro atoms. The molecule has 1 N–H and O–H groups in total. The summed E-state index contributed by atoms with van der Waals surface area (Å²) in [7, 11) is 0. The van der Waals surface area contributed by atoms with Crippen LogP contribution in [0, 0.1) is 0 Å². The molecular weight excluding hydrogens is 276 g/mol. The standard InChI is InChI=1S/C15H21ClN2O2/c1-15(2,3)12-7-10(8-13(16)17-12)14(20)18-6-4-5-11(18)9-19/h7-8,11,19H,4-6,9H2,1-3H3/t11-/m1/s1. The van der Waals surface area contributed by atoms with Crippen LogP contribution in [-0.2, 0) is 5.41 Å². The first-order valence-corrected chi connectivity index (χ1v) is 7.30. The number of halogens is 1. The third kappa shape index (κ3) is 3.13. The first kappa shape index (κ1) is 15.3. The van der Waals surface area contributed by atoms with Gasteiger partial charge in [0.1, 0.15) is 5.15 Å². The van der Waals surface area contributed by atoms with Crippen molar-refractivity contribution in [1.82, 2.24) is 9.88 Å². The van der Waals surface area contributed by atoms with Gasteiger partial charge in [0.2, 0.25) is 0 Å². The lowest BCUT2D eigenvalue weighted by molar-refractivity contribution is 0.0677. The first-order valence-electron chi connectivity index (χ1n) is 6.93. The van der Waals surface area contributed by atoms with Crippen LogP contribution in [0.4, 0.5) is 0 Å². The van der Waals surface area contributed by atoms with Gasteiger partial charge in [-0.3, -0.25) is 4.79 Å². The van der Waals surface area contributed by atoms with E-state index in [1.807, 2.05) is 20.8 Å². The number of hydrogen-bond acceptors (Lipinski definition) is 3. The Morgan fingerprint density at radius 1 is 1.50 bits per heavy atom. The van der Waals surface area contributed by atoms with Gasteiger partial charge < -0.3 is 10.0 Å². The van der Waals surface area contributed by atoms with E-state index in [1.165, 1.54) is 0 Å². The lowest BCUT2D eigenvalue weighted by Crippen LogP contribution is -2.37. The summed E-state index contributed by atoms with van der Waals surface area (Å²) in [4.78, 5) is 18.6. The number of aliphatic hydroxyl groups excluding tert-OH is 1. The predicted molar refractivity (Wildman–Crippen MR) is 79.1 cm³/mol. The Morgan fingerprint density at radius 2 is 2.20 bits per heavy atom. The molecule has 1 fully saturated rings. The smallest absolute Gasteiger partial charge is 0.254 e. The molecule has 0 aliphatic carbocycles. The number of hydrogen-bond donors (Lipinski definition) is 1. The van der Waals surface area contributed by atoms with Crippen LogP contribution in [0.2, 0.25) is 5.15 Å². The second-order valence-corrected chi connectivity index (χ2v) is 6.68. The SMILES string of the molecule is CC(C)(C)c1cc(C(=O)N2CCC[C@@H]2CO)cc(Cl)n1. The largest absolute Gasteiger partial charge is 0.394 e. The van der Waals surface area contributed by atoms with Gasteiger partial charge in [0.25, 0.3) is 5.91 Å². The second kappa shape index (κ2) is 5.70. The molecule has 0 radical (unpaired) electrons. The van der Waals surface area contributed by atoms with E-state index in [1.54, 1.807) is 17.0 Å². The van der Waals surface area contributed by atoms with Crippen LogP contribution in [0.5, 0.6) is 0 Å². The van der Waals surface area contributed by atoms with E-state index in [9.17, 15) is 9.90 Å². The number of rotatable bonds is 2. The van der Waals surface area contributed by atoms with Crippen molar-refractivity contribution in [1.29, 1.82) is 0 Å². The topological polar surface area (TPSA) is 53.4 Å². The fourth-order valence-electron chi connectivity index (χ4n) is 2.46. The zero-order chi connectivity index (χ0) is 14.9. The molecule has 1 aromatic heterocycles. The van der Waals surface area contributed by atoms with Crippen molar-refractivity contribution >= 4 is 17.5 Å². The van der Waals surface area contributed by atoms with Crippen LogP contribution in [0.25, 0.3) is 0 Å². The van der Waals surface area contributed by atoms with Gasteiger partial charge in [-0.1, -0.05) is 32.4 Å². The van der Waals surface area contributed by atoms with Gasteiger partial charge in [-0.25, -0.2) is 4.98 Å². The van der Waals surface area contributed by atoms with Gasteiger partial charge in [-0.2, -0.15) is 0 Å². The molecule has 1 aliphatic rings. The number of amides is 1. The van der Waals surface area contributed by atoms with Gasteiger partial charge in [-0.15, -0.1) is 0 Å². The van der Waals surface area contributed by atoms with E-state index in [-0.39, 0.29) is 24.0 Å². The fraction of sp³-hybridized carbons (Fsp3) is 0.600. The Kier molecular flexibility index (Phi) is 4.35. The first-order chi connectivity index (χ1) is 9.32. The number of aromatic nitrogens is 1. The number of nitrogens with zero attached hydrogens (tertiary/aromatic N) is 2. The van der Waals surface area contributed by atoms with Crippen LogP contribution in [0.1, 0.15) is 49.7 Å². The lowest BCUT2D eigenvalue weighted by Gasteiger charge is -2.24. The summed E-state index contributed by atoms with van der Waals surface area (Å²) in [6.07, 6.45) is 1.79. The zero-order valence-electron chi connectivity index (χ0n) is 12.2. The van der Waals surface area contributed by atoms with E-state index in [2.05, 4.69) is 4.98 Å². The number of carbonyl (C=O) groups excluding carboxylic acids is 1. The summed E-state index contributed by atoms with van der Waals surface area (Å²) in [6, 6.07) is 3.33. The van der Waals surface area contributed by atoms with Crippen molar-refractivity contribution in [2.45, 2.75) is 45.1 Å². The number of carbonyl (C=O) groups is 1. The quantitative estimate of drug-likeness (QED) is 0.854. The highest BCUT2D eigenvalue weighted by Crippen LogP contribution is 2.26. The molecular formula is C15H21ClN2O2. The van der Waals surface area contributed by atoms with E-state index in [0.717, 1.165) is 18.5 Å². The van der Waals surface area contributed by atoms with Crippen LogP contribution < -0.4 is 0 Å². The highest BCUT2D eigenvalue weighted by molar-refractivity contribution is 6.29. The predicted octanol–water partition coefficient (Wildman–Crippen LogP) is 2.63. The number of pyridine rings is 1. The fourth-order valence-corrected chi connectivity index (χ4v) is 2.67. The summed E-state index contributed by atoms with van der Waals surface area (Å²) < 4.78 is 0. The van der Waals surface area contributed by atoms with Crippen LogP contribution in [0.15, 0.2) is 12.1 Å². The second-order valence-electron chi connectivity index (χ2n) is 6.29. The maximum Gasteiger partial charge on any atom is 0.254 e. The minimum Gasteiger partial charge on any atom is -0.394 e. The van der Waals surface area contributed by atoms with Crippen LogP contribution in [-0.4, -0.2) is 40.1 Å². The maximum absolute atomic E-state index is 12.6. The molecule has 1 saturated heterocycles. The minimum atomic E-state index is -0.165. The van der Waals surface area contributed by atoms with Crippen LogP contribution in [0.3, 0.4) is 0 Å². The van der Waals surface area contributed by atoms with Gasteiger partial charge in [-0.05, 0) is 25.0 Å². The van der Waals surface area contributed by atoms with Crippen molar-refractivity contribution in [3.05, 3.63) is 28.5 Å². The number of likely N-dealkylation sites (tertiary alicyclic amines) is 1. The van der Waals surface area contributed by atoms with Crippen molar-refractivity contribution in [2.75, 3.05) is 13.2 Å². The molecule has 1 aromatic rings. The number of aliphatic hydroxyl groups is 1. The van der Waals surface area contributed by atoms with Gasteiger partial charge in [0.05, 0.1) is 12.6 Å². The van der Waals surface area contributed by atoms with Gasteiger partial charge in [0.15, 0.2) is 0 Å². The third-order valence-corrected chi connectivity index (χ3v) is 3.85. The molecule has 0 unspecified atom stereocenters. The molecule has 1 atom stereocenters. The summed E-state index contributed by atoms with van der Waals surface area (Å²) >= 11 is 6.05. The maximum atomic E-state index is 12.6. The average Bonchev–Trinajstić information content (AvgIpc) is 2.84. The summed E-state index contributed by atoms with van der Waals surface area (Å²) in [6.45, 7) is 6.80. The Labute approximate surface area is 124 Å². The molecule has 2 heterocycles. The van der Waals surface area contributed by atoms with E-state index < -0.39 is 0 Å². The average molecular weight is 297 g/mol. The van der Waals surface area contributed by atoms with Gasteiger partial charge in [0, 0.05) is 23.2 Å². The molecule has 0 bridgehead atoms. The normalized spacial score (nSPS) is 19.4. The lowest BCUT2D eigenvalue weighted by atomic mass is 9.90.